The Morgan fingerprint density at radius 2 is 1.79 bits per heavy atom. The normalized spacial score (nSPS) is 15.9. The van der Waals surface area contributed by atoms with Crippen LogP contribution in [0.15, 0.2) is 53.1 Å². The minimum atomic E-state index is -0.857. The van der Waals surface area contributed by atoms with Gasteiger partial charge < -0.3 is 9.42 Å². The van der Waals surface area contributed by atoms with E-state index in [2.05, 4.69) is 5.16 Å². The molecule has 34 heavy (non-hydrogen) atoms. The van der Waals surface area contributed by atoms with Crippen molar-refractivity contribution in [1.82, 2.24) is 15.0 Å². The quantitative estimate of drug-likeness (QED) is 0.474. The van der Waals surface area contributed by atoms with Gasteiger partial charge in [0.05, 0.1) is 17.7 Å². The smallest absolute Gasteiger partial charge is 0.262 e. The van der Waals surface area contributed by atoms with Crippen LogP contribution in [0.1, 0.15) is 38.4 Å². The van der Waals surface area contributed by atoms with E-state index in [1.54, 1.807) is 53.1 Å². The van der Waals surface area contributed by atoms with Crippen LogP contribution in [0.25, 0.3) is 11.3 Å². The Morgan fingerprint density at radius 1 is 1.12 bits per heavy atom. The molecule has 0 aliphatic carbocycles. The molecule has 1 atom stereocenters. The molecule has 3 heterocycles. The molecule has 2 aromatic carbocycles. The highest BCUT2D eigenvalue weighted by atomic mass is 35.5. The highest BCUT2D eigenvalue weighted by molar-refractivity contribution is 7.98. The Kier molecular flexibility index (Phi) is 6.18. The predicted octanol–water partition coefficient (Wildman–Crippen LogP) is 4.30. The van der Waals surface area contributed by atoms with Gasteiger partial charge in [-0.25, -0.2) is 0 Å². The Balaban J connectivity index is 1.39. The number of carbonyl (C=O) groups excluding carboxylic acids is 3. The summed E-state index contributed by atoms with van der Waals surface area (Å²) >= 11 is 7.57. The molecule has 174 valence electrons. The van der Waals surface area contributed by atoms with E-state index < -0.39 is 17.9 Å². The first kappa shape index (κ1) is 22.7. The Hall–Kier alpha value is -3.10. The summed E-state index contributed by atoms with van der Waals surface area (Å²) in [5, 5.41) is 4.85. The maximum absolute atomic E-state index is 13.7. The first-order chi connectivity index (χ1) is 16.5. The van der Waals surface area contributed by atoms with Gasteiger partial charge in [0.1, 0.15) is 11.7 Å². The molecule has 1 unspecified atom stereocenters. The molecule has 0 N–H and O–H groups in total. The molecule has 0 spiro atoms. The zero-order chi connectivity index (χ0) is 23.8. The fourth-order valence-electron chi connectivity index (χ4n) is 4.54. The van der Waals surface area contributed by atoms with E-state index in [1.165, 1.54) is 0 Å². The van der Waals surface area contributed by atoms with Crippen molar-refractivity contribution in [1.29, 1.82) is 0 Å². The molecule has 9 heteroatoms. The summed E-state index contributed by atoms with van der Waals surface area (Å²) in [5.74, 6) is 0.254. The third-order valence-electron chi connectivity index (χ3n) is 6.28. The highest BCUT2D eigenvalue weighted by Crippen LogP contribution is 2.32. The number of rotatable bonds is 6. The summed E-state index contributed by atoms with van der Waals surface area (Å²) in [6.07, 6.45) is 2.90. The largest absolute Gasteiger partial charge is 0.356 e. The van der Waals surface area contributed by atoms with E-state index in [1.807, 2.05) is 18.4 Å². The van der Waals surface area contributed by atoms with Crippen molar-refractivity contribution in [3.05, 3.63) is 75.9 Å². The van der Waals surface area contributed by atoms with E-state index in [4.69, 9.17) is 16.1 Å². The molecule has 0 bridgehead atoms. The van der Waals surface area contributed by atoms with Gasteiger partial charge in [0.15, 0.2) is 5.76 Å². The van der Waals surface area contributed by atoms with Crippen molar-refractivity contribution in [3.63, 3.8) is 0 Å². The van der Waals surface area contributed by atoms with Gasteiger partial charge in [-0.15, -0.1) is 0 Å². The average Bonchev–Trinajstić information content (AvgIpc) is 3.39. The second-order valence-corrected chi connectivity index (χ2v) is 9.70. The topological polar surface area (TPSA) is 83.7 Å². The number of fused-ring (bicyclic) bond motifs is 2. The van der Waals surface area contributed by atoms with Crippen LogP contribution >= 0.6 is 23.4 Å². The number of amides is 3. The van der Waals surface area contributed by atoms with Gasteiger partial charge in [0, 0.05) is 22.7 Å². The van der Waals surface area contributed by atoms with E-state index in [0.717, 1.165) is 16.0 Å². The number of hydrogen-bond donors (Lipinski definition) is 0. The Bertz CT molecular complexity index is 1240. The number of aromatic nitrogens is 1. The molecule has 7 nitrogen and oxygen atoms in total. The van der Waals surface area contributed by atoms with Crippen molar-refractivity contribution in [2.75, 3.05) is 18.6 Å². The molecule has 3 aromatic rings. The summed E-state index contributed by atoms with van der Waals surface area (Å²) in [7, 11) is 0. The molecular formula is C25H22ClN3O4S. The second-order valence-electron chi connectivity index (χ2n) is 8.28. The number of carbonyl (C=O) groups is 3. The third-order valence-corrected chi connectivity index (χ3v) is 7.17. The van der Waals surface area contributed by atoms with Crippen LogP contribution in [0.2, 0.25) is 5.02 Å². The molecule has 3 amide bonds. The molecule has 0 radical (unpaired) electrons. The van der Waals surface area contributed by atoms with E-state index in [-0.39, 0.29) is 12.5 Å². The van der Waals surface area contributed by atoms with Crippen LogP contribution in [-0.2, 0) is 17.8 Å². The lowest BCUT2D eigenvalue weighted by atomic mass is 9.99. The number of hydrogen-bond acceptors (Lipinski definition) is 6. The minimum Gasteiger partial charge on any atom is -0.356 e. The fourth-order valence-corrected chi connectivity index (χ4v) is 5.13. The maximum Gasteiger partial charge on any atom is 0.262 e. The van der Waals surface area contributed by atoms with Crippen LogP contribution in [0.4, 0.5) is 0 Å². The van der Waals surface area contributed by atoms with Crippen LogP contribution in [0.5, 0.6) is 0 Å². The number of nitrogens with zero attached hydrogens (tertiary/aromatic N) is 3. The van der Waals surface area contributed by atoms with Gasteiger partial charge in [-0.1, -0.05) is 28.9 Å². The fraction of sp³-hybridized carbons (Fsp3) is 0.280. The van der Waals surface area contributed by atoms with Crippen LogP contribution < -0.4 is 0 Å². The Labute approximate surface area is 206 Å². The van der Waals surface area contributed by atoms with Gasteiger partial charge in [0.25, 0.3) is 11.8 Å². The lowest BCUT2D eigenvalue weighted by molar-refractivity contribution is -0.136. The van der Waals surface area contributed by atoms with Crippen molar-refractivity contribution >= 4 is 41.1 Å². The number of imide groups is 1. The third kappa shape index (κ3) is 3.91. The SMILES string of the molecule is CSCCC(C(=O)N1CCc2c(noc2-c2ccc(Cl)cc2)C1)N1C(=O)c2ccccc2C1=O. The van der Waals surface area contributed by atoms with Crippen LogP contribution in [-0.4, -0.2) is 57.3 Å². The maximum atomic E-state index is 13.7. The minimum absolute atomic E-state index is 0.245. The van der Waals surface area contributed by atoms with E-state index in [9.17, 15) is 14.4 Å². The number of thioether (sulfide) groups is 1. The molecule has 5 rings (SSSR count). The summed E-state index contributed by atoms with van der Waals surface area (Å²) in [5.41, 5.74) is 3.23. The van der Waals surface area contributed by atoms with Gasteiger partial charge in [-0.3, -0.25) is 19.3 Å². The molecule has 0 saturated carbocycles. The van der Waals surface area contributed by atoms with Crippen molar-refractivity contribution in [2.45, 2.75) is 25.4 Å². The van der Waals surface area contributed by atoms with E-state index >= 15 is 0 Å². The van der Waals surface area contributed by atoms with E-state index in [0.29, 0.717) is 52.7 Å². The zero-order valence-electron chi connectivity index (χ0n) is 18.5. The number of halogens is 1. The average molecular weight is 496 g/mol. The summed E-state index contributed by atoms with van der Waals surface area (Å²) < 4.78 is 5.62. The molecule has 2 aliphatic heterocycles. The number of benzene rings is 2. The molecular weight excluding hydrogens is 474 g/mol. The standard InChI is InChI=1S/C25H22ClN3O4S/c1-34-13-11-21(29-23(30)17-4-2-3-5-18(17)24(29)31)25(32)28-12-10-19-20(14-28)27-33-22(19)15-6-8-16(26)9-7-15/h2-9,21H,10-14H2,1H3. The van der Waals surface area contributed by atoms with Gasteiger partial charge >= 0.3 is 0 Å². The first-order valence-electron chi connectivity index (χ1n) is 11.0. The second kappa shape index (κ2) is 9.27. The lowest BCUT2D eigenvalue weighted by Crippen LogP contribution is -2.52. The first-order valence-corrected chi connectivity index (χ1v) is 12.7. The van der Waals surface area contributed by atoms with Gasteiger partial charge in [-0.05, 0) is 61.2 Å². The zero-order valence-corrected chi connectivity index (χ0v) is 20.1. The van der Waals surface area contributed by atoms with Crippen molar-refractivity contribution < 1.29 is 18.9 Å². The summed E-state index contributed by atoms with van der Waals surface area (Å²) in [6, 6.07) is 13.2. The van der Waals surface area contributed by atoms with Crippen LogP contribution in [0.3, 0.4) is 0 Å². The molecule has 1 aromatic heterocycles. The predicted molar refractivity (Wildman–Crippen MR) is 130 cm³/mol. The monoisotopic (exact) mass is 495 g/mol. The molecule has 0 fully saturated rings. The van der Waals surface area contributed by atoms with Crippen molar-refractivity contribution in [2.24, 2.45) is 0 Å². The van der Waals surface area contributed by atoms with Gasteiger partial charge in [0.2, 0.25) is 5.91 Å². The Morgan fingerprint density at radius 3 is 2.44 bits per heavy atom. The summed E-state index contributed by atoms with van der Waals surface area (Å²) in [4.78, 5) is 42.6. The molecule has 2 aliphatic rings. The molecule has 0 saturated heterocycles. The van der Waals surface area contributed by atoms with Crippen LogP contribution in [0, 0.1) is 0 Å². The lowest BCUT2D eigenvalue weighted by Gasteiger charge is -2.33. The van der Waals surface area contributed by atoms with Gasteiger partial charge in [-0.2, -0.15) is 11.8 Å². The highest BCUT2D eigenvalue weighted by Gasteiger charge is 2.44. The van der Waals surface area contributed by atoms with Crippen molar-refractivity contribution in [3.8, 4) is 11.3 Å². The summed E-state index contributed by atoms with van der Waals surface area (Å²) in [6.45, 7) is 0.719.